The SMILES string of the molecule is CC(=O)OC[C@H]1O[C@@H](Oc2n[nH]c(C(C)C)c2Cc2ccc(/C=C/C(=O)O)cc2C)[C@H](OC(C)=O)[C@@H](OC(C)=O)[C@@H]1OC(C)=O. The summed E-state index contributed by atoms with van der Waals surface area (Å²) < 4.78 is 33.9. The van der Waals surface area contributed by atoms with Crippen molar-refractivity contribution in [2.75, 3.05) is 6.61 Å². The van der Waals surface area contributed by atoms with E-state index in [-0.39, 0.29) is 11.8 Å². The summed E-state index contributed by atoms with van der Waals surface area (Å²) in [5, 5.41) is 16.3. The average Bonchev–Trinajstić information content (AvgIpc) is 3.32. The van der Waals surface area contributed by atoms with Crippen LogP contribution in [0.4, 0.5) is 0 Å². The quantitative estimate of drug-likeness (QED) is 0.198. The first kappa shape index (κ1) is 34.8. The monoisotopic (exact) mass is 630 g/mol. The standard InChI is InChI=1S/C31H38N2O12/c1-15(2)26-23(13-22-10-8-21(12-16(22)3)9-11-25(38)39)30(33-32-26)45-31-29(43-20(7)37)28(42-19(6)36)27(41-18(5)35)24(44-31)14-40-17(4)34/h8-12,15,24,27-29,31H,13-14H2,1-7H3,(H,32,33)(H,38,39)/b11-9+/t24-,27-,28+,29-,31+/m1/s1. The average molecular weight is 631 g/mol. The van der Waals surface area contributed by atoms with Gasteiger partial charge in [-0.3, -0.25) is 24.3 Å². The summed E-state index contributed by atoms with van der Waals surface area (Å²) in [6.45, 7) is 10.0. The second kappa shape index (κ2) is 15.3. The zero-order valence-electron chi connectivity index (χ0n) is 26.2. The maximum absolute atomic E-state index is 12.2. The molecule has 0 radical (unpaired) electrons. The molecule has 1 aliphatic heterocycles. The Morgan fingerprint density at radius 3 is 2.13 bits per heavy atom. The van der Waals surface area contributed by atoms with Gasteiger partial charge in [0.15, 0.2) is 12.2 Å². The molecule has 14 heteroatoms. The molecule has 5 atom stereocenters. The minimum Gasteiger partial charge on any atom is -0.478 e. The Bertz CT molecular complexity index is 1450. The number of nitrogens with zero attached hydrogens (tertiary/aromatic N) is 1. The lowest BCUT2D eigenvalue weighted by molar-refractivity contribution is -0.289. The van der Waals surface area contributed by atoms with E-state index >= 15 is 0 Å². The fourth-order valence-corrected chi connectivity index (χ4v) is 4.88. The lowest BCUT2D eigenvalue weighted by Crippen LogP contribution is -2.63. The van der Waals surface area contributed by atoms with Crippen molar-refractivity contribution in [3.05, 3.63) is 52.2 Å². The minimum atomic E-state index is -1.45. The van der Waals surface area contributed by atoms with Gasteiger partial charge in [-0.2, -0.15) is 0 Å². The zero-order chi connectivity index (χ0) is 33.4. The number of carboxylic acid groups (broad SMARTS) is 1. The lowest BCUT2D eigenvalue weighted by Gasteiger charge is -2.43. The van der Waals surface area contributed by atoms with E-state index in [9.17, 15) is 24.0 Å². The summed E-state index contributed by atoms with van der Waals surface area (Å²) in [5.74, 6) is -3.87. The number of hydrogen-bond donors (Lipinski definition) is 2. The summed E-state index contributed by atoms with van der Waals surface area (Å²) in [7, 11) is 0. The number of carboxylic acids is 1. The van der Waals surface area contributed by atoms with E-state index in [0.29, 0.717) is 17.5 Å². The lowest BCUT2D eigenvalue weighted by atomic mass is 9.95. The molecule has 14 nitrogen and oxygen atoms in total. The van der Waals surface area contributed by atoms with Gasteiger partial charge in [-0.05, 0) is 35.6 Å². The summed E-state index contributed by atoms with van der Waals surface area (Å²) in [6.07, 6.45) is -3.86. The van der Waals surface area contributed by atoms with Gasteiger partial charge < -0.3 is 33.5 Å². The van der Waals surface area contributed by atoms with E-state index in [1.54, 1.807) is 6.07 Å². The number of H-pyrrole nitrogens is 1. The second-order valence-electron chi connectivity index (χ2n) is 10.8. The molecule has 0 saturated carbocycles. The van der Waals surface area contributed by atoms with Crippen molar-refractivity contribution in [3.8, 4) is 5.88 Å². The second-order valence-corrected chi connectivity index (χ2v) is 10.8. The van der Waals surface area contributed by atoms with Gasteiger partial charge in [0.2, 0.25) is 18.3 Å². The number of rotatable bonds is 12. The predicted octanol–water partition coefficient (Wildman–Crippen LogP) is 2.99. The minimum absolute atomic E-state index is 0.0154. The molecule has 3 rings (SSSR count). The number of aromatic nitrogens is 2. The van der Waals surface area contributed by atoms with E-state index in [1.807, 2.05) is 32.9 Å². The highest BCUT2D eigenvalue weighted by Gasteiger charge is 2.53. The summed E-state index contributed by atoms with van der Waals surface area (Å²) in [5.41, 5.74) is 3.91. The van der Waals surface area contributed by atoms with Crippen LogP contribution in [-0.4, -0.2) is 82.5 Å². The van der Waals surface area contributed by atoms with Crippen molar-refractivity contribution >= 4 is 35.9 Å². The number of ether oxygens (including phenoxy) is 6. The highest BCUT2D eigenvalue weighted by molar-refractivity contribution is 5.85. The van der Waals surface area contributed by atoms with Crippen molar-refractivity contribution in [2.45, 2.75) is 91.5 Å². The number of carbonyl (C=O) groups is 5. The molecule has 2 N–H and O–H groups in total. The number of aliphatic carboxylic acids is 1. The Hall–Kier alpha value is -4.72. The van der Waals surface area contributed by atoms with Crippen LogP contribution in [0.25, 0.3) is 6.08 Å². The molecule has 1 aromatic heterocycles. The van der Waals surface area contributed by atoms with Gasteiger partial charge >= 0.3 is 29.8 Å². The van der Waals surface area contributed by atoms with Gasteiger partial charge in [0.25, 0.3) is 0 Å². The predicted molar refractivity (Wildman–Crippen MR) is 156 cm³/mol. The number of aromatic amines is 1. The van der Waals surface area contributed by atoms with Gasteiger partial charge in [0.05, 0.1) is 0 Å². The molecule has 244 valence electrons. The molecule has 0 spiro atoms. The molecule has 0 amide bonds. The Morgan fingerprint density at radius 1 is 0.956 bits per heavy atom. The highest BCUT2D eigenvalue weighted by Crippen LogP contribution is 2.34. The summed E-state index contributed by atoms with van der Waals surface area (Å²) >= 11 is 0. The first-order chi connectivity index (χ1) is 21.2. The number of aryl methyl sites for hydroxylation is 1. The number of nitrogens with one attached hydrogen (secondary N) is 1. The van der Waals surface area contributed by atoms with E-state index in [0.717, 1.165) is 43.7 Å². The normalized spacial score (nSPS) is 21.3. The van der Waals surface area contributed by atoms with Crippen LogP contribution >= 0.6 is 0 Å². The smallest absolute Gasteiger partial charge is 0.328 e. The first-order valence-electron chi connectivity index (χ1n) is 14.2. The van der Waals surface area contributed by atoms with Crippen LogP contribution in [-0.2, 0) is 54.1 Å². The van der Waals surface area contributed by atoms with Crippen LogP contribution in [0, 0.1) is 6.92 Å². The van der Waals surface area contributed by atoms with Crippen molar-refractivity contribution in [3.63, 3.8) is 0 Å². The van der Waals surface area contributed by atoms with Crippen molar-refractivity contribution in [2.24, 2.45) is 0 Å². The number of hydrogen-bond acceptors (Lipinski definition) is 12. The fourth-order valence-electron chi connectivity index (χ4n) is 4.88. The van der Waals surface area contributed by atoms with Crippen LogP contribution in [0.5, 0.6) is 5.88 Å². The van der Waals surface area contributed by atoms with Crippen LogP contribution in [0.1, 0.15) is 75.4 Å². The number of benzene rings is 1. The van der Waals surface area contributed by atoms with Crippen LogP contribution in [0.2, 0.25) is 0 Å². The van der Waals surface area contributed by atoms with Gasteiger partial charge in [0, 0.05) is 51.4 Å². The Morgan fingerprint density at radius 2 is 1.58 bits per heavy atom. The van der Waals surface area contributed by atoms with Gasteiger partial charge in [-0.1, -0.05) is 32.0 Å². The van der Waals surface area contributed by atoms with Crippen molar-refractivity contribution in [1.29, 1.82) is 0 Å². The fraction of sp³-hybridized carbons (Fsp3) is 0.484. The van der Waals surface area contributed by atoms with Crippen molar-refractivity contribution in [1.82, 2.24) is 10.2 Å². The highest BCUT2D eigenvalue weighted by atomic mass is 16.7. The van der Waals surface area contributed by atoms with Crippen molar-refractivity contribution < 1.29 is 57.5 Å². The molecule has 0 unspecified atom stereocenters. The molecule has 1 fully saturated rings. The Labute approximate surface area is 260 Å². The molecule has 0 aliphatic carbocycles. The molecule has 0 bridgehead atoms. The molecule has 45 heavy (non-hydrogen) atoms. The van der Waals surface area contributed by atoms with Crippen LogP contribution < -0.4 is 4.74 Å². The maximum Gasteiger partial charge on any atom is 0.328 e. The van der Waals surface area contributed by atoms with Crippen LogP contribution in [0.3, 0.4) is 0 Å². The Balaban J connectivity index is 2.05. The third-order valence-corrected chi connectivity index (χ3v) is 6.77. The molecular formula is C31H38N2O12. The van der Waals surface area contributed by atoms with E-state index < -0.39 is 67.2 Å². The third kappa shape index (κ3) is 9.63. The van der Waals surface area contributed by atoms with E-state index in [2.05, 4.69) is 10.2 Å². The van der Waals surface area contributed by atoms with E-state index in [4.69, 9.17) is 33.5 Å². The number of carbonyl (C=O) groups excluding carboxylic acids is 4. The molecule has 1 saturated heterocycles. The third-order valence-electron chi connectivity index (χ3n) is 6.77. The van der Waals surface area contributed by atoms with E-state index in [1.165, 1.54) is 13.0 Å². The number of esters is 4. The van der Waals surface area contributed by atoms with Gasteiger partial charge in [-0.25, -0.2) is 4.79 Å². The molecule has 1 aliphatic rings. The Kier molecular flexibility index (Phi) is 11.8. The topological polar surface area (TPSA) is 190 Å². The molecule has 1 aromatic carbocycles. The molecular weight excluding hydrogens is 592 g/mol. The zero-order valence-corrected chi connectivity index (χ0v) is 26.2. The van der Waals surface area contributed by atoms with Crippen LogP contribution in [0.15, 0.2) is 24.3 Å². The maximum atomic E-state index is 12.2. The summed E-state index contributed by atoms with van der Waals surface area (Å²) in [6, 6.07) is 5.51. The molecule has 2 aromatic rings. The largest absolute Gasteiger partial charge is 0.478 e. The first-order valence-corrected chi connectivity index (χ1v) is 14.2. The van der Waals surface area contributed by atoms with Gasteiger partial charge in [0.1, 0.15) is 12.7 Å². The summed E-state index contributed by atoms with van der Waals surface area (Å²) in [4.78, 5) is 59.0. The van der Waals surface area contributed by atoms with Gasteiger partial charge in [-0.15, -0.1) is 5.10 Å². The molecule has 2 heterocycles.